The van der Waals surface area contributed by atoms with Crippen molar-refractivity contribution in [2.24, 2.45) is 0 Å². The van der Waals surface area contributed by atoms with Gasteiger partial charge in [0.05, 0.1) is 0 Å². The molecule has 0 unspecified atom stereocenters. The predicted molar refractivity (Wildman–Crippen MR) is 67.0 cm³/mol. The van der Waals surface area contributed by atoms with Crippen LogP contribution in [-0.4, -0.2) is 29.6 Å². The van der Waals surface area contributed by atoms with Gasteiger partial charge in [-0.2, -0.15) is 0 Å². The van der Waals surface area contributed by atoms with Crippen molar-refractivity contribution < 1.29 is 0 Å². The fraction of sp³-hybridized carbons (Fsp3) is 0.667. The number of aromatic nitrogens is 2. The van der Waals surface area contributed by atoms with Crippen molar-refractivity contribution in [1.82, 2.24) is 9.97 Å². The van der Waals surface area contributed by atoms with E-state index in [2.05, 4.69) is 34.0 Å². The number of rotatable bonds is 5. The summed E-state index contributed by atoms with van der Waals surface area (Å²) in [7, 11) is 1.92. The van der Waals surface area contributed by atoms with E-state index >= 15 is 0 Å². The average molecular weight is 220 g/mol. The van der Waals surface area contributed by atoms with Crippen LogP contribution in [0.3, 0.4) is 0 Å². The molecule has 1 aromatic rings. The van der Waals surface area contributed by atoms with Gasteiger partial charge in [-0.25, -0.2) is 9.97 Å². The molecule has 1 aliphatic carbocycles. The number of nitrogens with zero attached hydrogens (tertiary/aromatic N) is 3. The van der Waals surface area contributed by atoms with E-state index < -0.39 is 0 Å². The minimum absolute atomic E-state index is 0.704. The first-order chi connectivity index (χ1) is 7.81. The van der Waals surface area contributed by atoms with E-state index in [9.17, 15) is 0 Å². The summed E-state index contributed by atoms with van der Waals surface area (Å²) in [5.74, 6) is 2.08. The van der Waals surface area contributed by atoms with Crippen molar-refractivity contribution in [3.63, 3.8) is 0 Å². The third-order valence-electron chi connectivity index (χ3n) is 3.11. The molecule has 0 amide bonds. The Kier molecular flexibility index (Phi) is 3.27. The summed E-state index contributed by atoms with van der Waals surface area (Å²) in [5.41, 5.74) is 1.23. The van der Waals surface area contributed by atoms with Gasteiger partial charge in [-0.3, -0.25) is 0 Å². The van der Waals surface area contributed by atoms with E-state index in [1.54, 1.807) is 6.33 Å². The minimum atomic E-state index is 0.704. The van der Waals surface area contributed by atoms with Gasteiger partial charge in [-0.1, -0.05) is 6.92 Å². The summed E-state index contributed by atoms with van der Waals surface area (Å²) in [6, 6.07) is 0.704. The van der Waals surface area contributed by atoms with E-state index in [1.807, 2.05) is 7.05 Å². The quantitative estimate of drug-likeness (QED) is 0.824. The van der Waals surface area contributed by atoms with Crippen molar-refractivity contribution in [1.29, 1.82) is 0 Å². The Morgan fingerprint density at radius 3 is 2.62 bits per heavy atom. The van der Waals surface area contributed by atoms with E-state index in [0.717, 1.165) is 24.6 Å². The third kappa shape index (κ3) is 1.96. The second-order valence-electron chi connectivity index (χ2n) is 4.15. The standard InChI is InChI=1S/C12H20N4/c1-4-10-11(13-3)14-8-15-12(10)16(5-2)9-6-7-9/h8-9H,4-7H2,1-3H3,(H,13,14,15). The minimum Gasteiger partial charge on any atom is -0.373 e. The molecule has 1 N–H and O–H groups in total. The average Bonchev–Trinajstić information content (AvgIpc) is 3.14. The molecule has 16 heavy (non-hydrogen) atoms. The maximum atomic E-state index is 4.47. The third-order valence-corrected chi connectivity index (χ3v) is 3.11. The highest BCUT2D eigenvalue weighted by Crippen LogP contribution is 2.33. The Bertz CT molecular complexity index is 360. The van der Waals surface area contributed by atoms with Gasteiger partial charge in [0.25, 0.3) is 0 Å². The van der Waals surface area contributed by atoms with Gasteiger partial charge >= 0.3 is 0 Å². The van der Waals surface area contributed by atoms with Gasteiger partial charge in [0.2, 0.25) is 0 Å². The molecule has 0 saturated heterocycles. The molecule has 1 fully saturated rings. The van der Waals surface area contributed by atoms with E-state index in [-0.39, 0.29) is 0 Å². The molecule has 1 aliphatic rings. The molecule has 2 rings (SSSR count). The lowest BCUT2D eigenvalue weighted by Gasteiger charge is -2.24. The SMILES string of the molecule is CCc1c(NC)ncnc1N(CC)C1CC1. The van der Waals surface area contributed by atoms with Crippen LogP contribution < -0.4 is 10.2 Å². The molecule has 0 atom stereocenters. The van der Waals surface area contributed by atoms with Crippen LogP contribution in [0, 0.1) is 0 Å². The molecule has 88 valence electrons. The number of anilines is 2. The van der Waals surface area contributed by atoms with Gasteiger partial charge in [0.1, 0.15) is 18.0 Å². The highest BCUT2D eigenvalue weighted by Gasteiger charge is 2.30. The van der Waals surface area contributed by atoms with Crippen LogP contribution in [0.15, 0.2) is 6.33 Å². The number of hydrogen-bond donors (Lipinski definition) is 1. The van der Waals surface area contributed by atoms with Crippen molar-refractivity contribution in [2.75, 3.05) is 23.8 Å². The van der Waals surface area contributed by atoms with Crippen LogP contribution in [0.5, 0.6) is 0 Å². The maximum Gasteiger partial charge on any atom is 0.137 e. The second-order valence-corrected chi connectivity index (χ2v) is 4.15. The van der Waals surface area contributed by atoms with Crippen LogP contribution >= 0.6 is 0 Å². The van der Waals surface area contributed by atoms with Gasteiger partial charge < -0.3 is 10.2 Å². The Labute approximate surface area is 97.1 Å². The topological polar surface area (TPSA) is 41.1 Å². The van der Waals surface area contributed by atoms with E-state index in [0.29, 0.717) is 6.04 Å². The van der Waals surface area contributed by atoms with Crippen molar-refractivity contribution in [3.8, 4) is 0 Å². The van der Waals surface area contributed by atoms with Gasteiger partial charge in [-0.15, -0.1) is 0 Å². The zero-order valence-corrected chi connectivity index (χ0v) is 10.3. The summed E-state index contributed by atoms with van der Waals surface area (Å²) in [4.78, 5) is 11.1. The molecule has 1 heterocycles. The number of nitrogens with one attached hydrogen (secondary N) is 1. The largest absolute Gasteiger partial charge is 0.373 e. The monoisotopic (exact) mass is 220 g/mol. The van der Waals surface area contributed by atoms with Crippen molar-refractivity contribution in [2.45, 2.75) is 39.2 Å². The van der Waals surface area contributed by atoms with Crippen LogP contribution in [0.1, 0.15) is 32.3 Å². The second kappa shape index (κ2) is 4.68. The van der Waals surface area contributed by atoms with E-state index in [1.165, 1.54) is 18.4 Å². The normalized spacial score (nSPS) is 14.9. The van der Waals surface area contributed by atoms with Crippen LogP contribution in [0.25, 0.3) is 0 Å². The first kappa shape index (κ1) is 11.2. The van der Waals surface area contributed by atoms with Crippen LogP contribution in [0.2, 0.25) is 0 Å². The highest BCUT2D eigenvalue weighted by molar-refractivity contribution is 5.59. The Balaban J connectivity index is 2.37. The van der Waals surface area contributed by atoms with Crippen LogP contribution in [0.4, 0.5) is 11.6 Å². The first-order valence-electron chi connectivity index (χ1n) is 6.10. The van der Waals surface area contributed by atoms with E-state index in [4.69, 9.17) is 0 Å². The first-order valence-corrected chi connectivity index (χ1v) is 6.10. The smallest absolute Gasteiger partial charge is 0.137 e. The van der Waals surface area contributed by atoms with Crippen molar-refractivity contribution >= 4 is 11.6 Å². The Morgan fingerprint density at radius 2 is 2.12 bits per heavy atom. The molecular formula is C12H20N4. The predicted octanol–water partition coefficient (Wildman–Crippen LogP) is 2.07. The Hall–Kier alpha value is -1.32. The summed E-state index contributed by atoms with van der Waals surface area (Å²) in [5, 5.41) is 3.15. The lowest BCUT2D eigenvalue weighted by molar-refractivity contribution is 0.794. The van der Waals surface area contributed by atoms with Crippen molar-refractivity contribution in [3.05, 3.63) is 11.9 Å². The molecule has 0 aromatic carbocycles. The summed E-state index contributed by atoms with van der Waals surface area (Å²) >= 11 is 0. The number of hydrogen-bond acceptors (Lipinski definition) is 4. The Morgan fingerprint density at radius 1 is 1.38 bits per heavy atom. The molecule has 0 aliphatic heterocycles. The van der Waals surface area contributed by atoms with Gasteiger partial charge in [0, 0.05) is 25.2 Å². The zero-order chi connectivity index (χ0) is 11.5. The van der Waals surface area contributed by atoms with Crippen LogP contribution in [-0.2, 0) is 6.42 Å². The summed E-state index contributed by atoms with van der Waals surface area (Å²) < 4.78 is 0. The molecule has 4 nitrogen and oxygen atoms in total. The highest BCUT2D eigenvalue weighted by atomic mass is 15.2. The van der Waals surface area contributed by atoms with Gasteiger partial charge in [0.15, 0.2) is 0 Å². The zero-order valence-electron chi connectivity index (χ0n) is 10.3. The lowest BCUT2D eigenvalue weighted by atomic mass is 10.2. The summed E-state index contributed by atoms with van der Waals surface area (Å²) in [6.45, 7) is 5.38. The maximum absolute atomic E-state index is 4.47. The fourth-order valence-corrected chi connectivity index (χ4v) is 2.16. The molecule has 0 spiro atoms. The fourth-order valence-electron chi connectivity index (χ4n) is 2.16. The lowest BCUT2D eigenvalue weighted by Crippen LogP contribution is -2.27. The van der Waals surface area contributed by atoms with Gasteiger partial charge in [-0.05, 0) is 26.2 Å². The molecule has 4 heteroatoms. The molecule has 0 bridgehead atoms. The molecule has 0 radical (unpaired) electrons. The molecular weight excluding hydrogens is 200 g/mol. The summed E-state index contributed by atoms with van der Waals surface area (Å²) in [6.07, 6.45) is 5.23. The molecule has 1 saturated carbocycles. The molecule has 1 aromatic heterocycles.